The Hall–Kier alpha value is -3.75. The molecule has 1 aromatic heterocycles. The predicted octanol–water partition coefficient (Wildman–Crippen LogP) is 2.76. The Morgan fingerprint density at radius 3 is 2.70 bits per heavy atom. The van der Waals surface area contributed by atoms with E-state index < -0.39 is 22.7 Å². The van der Waals surface area contributed by atoms with Gasteiger partial charge in [0, 0.05) is 6.07 Å². The number of nitrogens with zero attached hydrogens (tertiary/aromatic N) is 2. The number of rotatable bonds is 5. The summed E-state index contributed by atoms with van der Waals surface area (Å²) in [5, 5.41) is 11.8. The summed E-state index contributed by atoms with van der Waals surface area (Å²) < 4.78 is 10.2. The summed E-state index contributed by atoms with van der Waals surface area (Å²) in [6, 6.07) is 10.6. The number of methoxy groups -OCH3 is 1. The summed E-state index contributed by atoms with van der Waals surface area (Å²) in [4.78, 5) is 41.4. The third-order valence-corrected chi connectivity index (χ3v) is 3.90. The third-order valence-electron chi connectivity index (χ3n) is 3.90. The Bertz CT molecular complexity index is 1090. The van der Waals surface area contributed by atoms with Crippen LogP contribution < -0.4 is 10.3 Å². The van der Waals surface area contributed by atoms with Gasteiger partial charge in [-0.2, -0.15) is 0 Å². The maximum absolute atomic E-state index is 12.2. The Morgan fingerprint density at radius 2 is 2.00 bits per heavy atom. The molecule has 1 heterocycles. The molecule has 1 unspecified atom stereocenters. The van der Waals surface area contributed by atoms with Gasteiger partial charge in [0.25, 0.3) is 5.56 Å². The number of hydrogen-bond donors (Lipinski definition) is 1. The van der Waals surface area contributed by atoms with Gasteiger partial charge in [-0.1, -0.05) is 12.1 Å². The number of para-hydroxylation sites is 1. The second kappa shape index (κ2) is 7.24. The lowest BCUT2D eigenvalue weighted by atomic mass is 10.2. The molecule has 9 nitrogen and oxygen atoms in total. The van der Waals surface area contributed by atoms with E-state index in [2.05, 4.69) is 14.7 Å². The molecule has 0 aliphatic heterocycles. The van der Waals surface area contributed by atoms with Crippen molar-refractivity contribution in [2.24, 2.45) is 0 Å². The van der Waals surface area contributed by atoms with Crippen molar-refractivity contribution >= 4 is 22.6 Å². The van der Waals surface area contributed by atoms with Crippen LogP contribution in [0, 0.1) is 10.1 Å². The number of aromatic nitrogens is 2. The zero-order valence-electron chi connectivity index (χ0n) is 14.5. The summed E-state index contributed by atoms with van der Waals surface area (Å²) in [6.07, 6.45) is -0.773. The van der Waals surface area contributed by atoms with Crippen LogP contribution in [0.4, 0.5) is 5.69 Å². The highest BCUT2D eigenvalue weighted by atomic mass is 16.6. The molecular formula is C18H15N3O6. The first-order valence-corrected chi connectivity index (χ1v) is 7.93. The van der Waals surface area contributed by atoms with Gasteiger partial charge in [-0.15, -0.1) is 0 Å². The molecular weight excluding hydrogens is 354 g/mol. The largest absolute Gasteiger partial charge is 0.476 e. The molecule has 0 amide bonds. The van der Waals surface area contributed by atoms with Crippen molar-refractivity contribution in [3.05, 3.63) is 74.3 Å². The van der Waals surface area contributed by atoms with Gasteiger partial charge in [-0.05, 0) is 31.2 Å². The number of benzene rings is 2. The van der Waals surface area contributed by atoms with Crippen LogP contribution in [0.25, 0.3) is 10.9 Å². The number of hydrogen-bond acceptors (Lipinski definition) is 7. The highest BCUT2D eigenvalue weighted by Gasteiger charge is 2.22. The molecule has 0 fully saturated rings. The first-order chi connectivity index (χ1) is 12.9. The highest BCUT2D eigenvalue weighted by Crippen LogP contribution is 2.31. The maximum atomic E-state index is 12.2. The number of ether oxygens (including phenoxy) is 2. The molecule has 3 rings (SSSR count). The molecule has 0 bridgehead atoms. The average molecular weight is 369 g/mol. The van der Waals surface area contributed by atoms with Crippen molar-refractivity contribution in [3.8, 4) is 5.75 Å². The van der Waals surface area contributed by atoms with Gasteiger partial charge in [-0.3, -0.25) is 14.9 Å². The summed E-state index contributed by atoms with van der Waals surface area (Å²) in [5.41, 5.74) is -0.210. The molecule has 1 N–H and O–H groups in total. The molecule has 0 saturated heterocycles. The minimum atomic E-state index is -0.773. The van der Waals surface area contributed by atoms with E-state index in [1.165, 1.54) is 19.2 Å². The number of carbonyl (C=O) groups is 1. The van der Waals surface area contributed by atoms with E-state index in [-0.39, 0.29) is 22.7 Å². The van der Waals surface area contributed by atoms with Crippen molar-refractivity contribution < 1.29 is 19.2 Å². The summed E-state index contributed by atoms with van der Waals surface area (Å²) in [6.45, 7) is 1.60. The number of nitro groups is 1. The normalized spacial score (nSPS) is 11.8. The summed E-state index contributed by atoms with van der Waals surface area (Å²) in [5.74, 6) is -0.528. The molecule has 0 aliphatic carbocycles. The second-order valence-corrected chi connectivity index (χ2v) is 5.66. The number of nitro benzene ring substituents is 1. The molecule has 0 radical (unpaired) electrons. The molecule has 3 aromatic rings. The van der Waals surface area contributed by atoms with Gasteiger partial charge in [0.15, 0.2) is 17.7 Å². The van der Waals surface area contributed by atoms with E-state index in [9.17, 15) is 19.7 Å². The van der Waals surface area contributed by atoms with E-state index in [1.807, 2.05) is 0 Å². The number of H-pyrrole nitrogens is 1. The standard InChI is InChI=1S/C18H15N3O6/c1-10(16-19-13-6-4-3-5-12(13)17(22)20-16)27-15-8-7-11(18(23)26-2)9-14(15)21(24)25/h3-10H,1-2H3,(H,19,20,22). The quantitative estimate of drug-likeness (QED) is 0.416. The van der Waals surface area contributed by atoms with Gasteiger partial charge in [-0.25, -0.2) is 9.78 Å². The lowest BCUT2D eigenvalue weighted by Crippen LogP contribution is -2.17. The van der Waals surface area contributed by atoms with Crippen LogP contribution in [0.5, 0.6) is 5.75 Å². The van der Waals surface area contributed by atoms with E-state index in [0.717, 1.165) is 6.07 Å². The van der Waals surface area contributed by atoms with E-state index in [1.54, 1.807) is 31.2 Å². The number of esters is 1. The number of carbonyl (C=O) groups excluding carboxylic acids is 1. The van der Waals surface area contributed by atoms with Crippen LogP contribution in [0.2, 0.25) is 0 Å². The van der Waals surface area contributed by atoms with Crippen molar-refractivity contribution in [2.75, 3.05) is 7.11 Å². The monoisotopic (exact) mass is 369 g/mol. The Balaban J connectivity index is 1.96. The minimum absolute atomic E-state index is 0.0291. The first-order valence-electron chi connectivity index (χ1n) is 7.93. The average Bonchev–Trinajstić information content (AvgIpc) is 2.67. The van der Waals surface area contributed by atoms with Crippen molar-refractivity contribution in [1.29, 1.82) is 0 Å². The van der Waals surface area contributed by atoms with Crippen LogP contribution in [0.1, 0.15) is 29.2 Å². The minimum Gasteiger partial charge on any atom is -0.476 e. The number of aromatic amines is 1. The van der Waals surface area contributed by atoms with E-state index >= 15 is 0 Å². The van der Waals surface area contributed by atoms with Crippen LogP contribution in [0.3, 0.4) is 0 Å². The molecule has 0 spiro atoms. The zero-order valence-corrected chi connectivity index (χ0v) is 14.5. The van der Waals surface area contributed by atoms with E-state index in [4.69, 9.17) is 4.74 Å². The second-order valence-electron chi connectivity index (χ2n) is 5.66. The molecule has 2 aromatic carbocycles. The molecule has 9 heteroatoms. The van der Waals surface area contributed by atoms with Crippen LogP contribution in [0.15, 0.2) is 47.3 Å². The Kier molecular flexibility index (Phi) is 4.84. The third kappa shape index (κ3) is 3.61. The topological polar surface area (TPSA) is 124 Å². The fourth-order valence-electron chi connectivity index (χ4n) is 2.55. The lowest BCUT2D eigenvalue weighted by molar-refractivity contribution is -0.386. The van der Waals surface area contributed by atoms with E-state index in [0.29, 0.717) is 10.9 Å². The van der Waals surface area contributed by atoms with Crippen LogP contribution >= 0.6 is 0 Å². The fraction of sp³-hybridized carbons (Fsp3) is 0.167. The lowest BCUT2D eigenvalue weighted by Gasteiger charge is -2.14. The van der Waals surface area contributed by atoms with Crippen LogP contribution in [-0.2, 0) is 4.74 Å². The summed E-state index contributed by atoms with van der Waals surface area (Å²) in [7, 11) is 1.18. The van der Waals surface area contributed by atoms with Gasteiger partial charge >= 0.3 is 11.7 Å². The smallest absolute Gasteiger partial charge is 0.338 e. The molecule has 138 valence electrons. The van der Waals surface area contributed by atoms with Crippen molar-refractivity contribution in [3.63, 3.8) is 0 Å². The predicted molar refractivity (Wildman–Crippen MR) is 95.8 cm³/mol. The molecule has 27 heavy (non-hydrogen) atoms. The maximum Gasteiger partial charge on any atom is 0.338 e. The van der Waals surface area contributed by atoms with Gasteiger partial charge in [0.05, 0.1) is 28.5 Å². The Morgan fingerprint density at radius 1 is 1.26 bits per heavy atom. The van der Waals surface area contributed by atoms with Gasteiger partial charge in [0.2, 0.25) is 0 Å². The van der Waals surface area contributed by atoms with Crippen molar-refractivity contribution in [1.82, 2.24) is 9.97 Å². The van der Waals surface area contributed by atoms with Crippen LogP contribution in [-0.4, -0.2) is 28.0 Å². The highest BCUT2D eigenvalue weighted by molar-refractivity contribution is 5.90. The molecule has 1 atom stereocenters. The summed E-state index contributed by atoms with van der Waals surface area (Å²) >= 11 is 0. The Labute approximate surface area is 152 Å². The fourth-order valence-corrected chi connectivity index (χ4v) is 2.55. The number of nitrogens with one attached hydrogen (secondary N) is 1. The number of fused-ring (bicyclic) bond motifs is 1. The SMILES string of the molecule is COC(=O)c1ccc(OC(C)c2nc3ccccc3c(=O)[nH]2)c([N+](=O)[O-])c1. The first kappa shape index (κ1) is 18.1. The van der Waals surface area contributed by atoms with Gasteiger partial charge < -0.3 is 14.5 Å². The molecule has 0 aliphatic rings. The van der Waals surface area contributed by atoms with Gasteiger partial charge in [0.1, 0.15) is 0 Å². The zero-order chi connectivity index (χ0) is 19.6. The van der Waals surface area contributed by atoms with Crippen molar-refractivity contribution in [2.45, 2.75) is 13.0 Å². The molecule has 0 saturated carbocycles.